The van der Waals surface area contributed by atoms with Crippen molar-refractivity contribution in [1.29, 1.82) is 0 Å². The molecule has 1 N–H and O–H groups in total. The molecule has 5 heteroatoms. The molecule has 5 nitrogen and oxygen atoms in total. The Hall–Kier alpha value is -1.88. The first-order chi connectivity index (χ1) is 9.61. The van der Waals surface area contributed by atoms with Crippen molar-refractivity contribution in [3.63, 3.8) is 0 Å². The molecule has 1 heterocycles. The van der Waals surface area contributed by atoms with Gasteiger partial charge in [0.2, 0.25) is 5.95 Å². The van der Waals surface area contributed by atoms with Crippen molar-refractivity contribution in [3.05, 3.63) is 24.3 Å². The first kappa shape index (κ1) is 14.5. The van der Waals surface area contributed by atoms with Gasteiger partial charge in [-0.05, 0) is 39.2 Å². The fraction of sp³-hybridized carbons (Fsp3) is 0.467. The number of rotatable bonds is 6. The highest BCUT2D eigenvalue weighted by molar-refractivity contribution is 5.90. The molecule has 2 rings (SSSR count). The average molecular weight is 273 g/mol. The van der Waals surface area contributed by atoms with Crippen molar-refractivity contribution in [2.75, 3.05) is 51.5 Å². The third-order valence-electron chi connectivity index (χ3n) is 3.27. The first-order valence-corrected chi connectivity index (χ1v) is 6.92. The average Bonchev–Trinajstić information content (AvgIpc) is 2.45. The van der Waals surface area contributed by atoms with Gasteiger partial charge >= 0.3 is 0 Å². The summed E-state index contributed by atoms with van der Waals surface area (Å²) in [6, 6.07) is 8.13. The van der Waals surface area contributed by atoms with Gasteiger partial charge in [0.15, 0.2) is 0 Å². The minimum Gasteiger partial charge on any atom is -0.359 e. The number of para-hydroxylation sites is 1. The smallest absolute Gasteiger partial charge is 0.224 e. The highest BCUT2D eigenvalue weighted by Gasteiger charge is 2.10. The van der Waals surface area contributed by atoms with Crippen molar-refractivity contribution < 1.29 is 0 Å². The summed E-state index contributed by atoms with van der Waals surface area (Å²) in [5.41, 5.74) is 0.973. The third kappa shape index (κ3) is 3.36. The second-order valence-corrected chi connectivity index (χ2v) is 5.22. The normalized spacial score (nSPS) is 11.1. The van der Waals surface area contributed by atoms with E-state index in [1.807, 2.05) is 25.2 Å². The van der Waals surface area contributed by atoms with Gasteiger partial charge in [-0.25, -0.2) is 4.98 Å². The largest absolute Gasteiger partial charge is 0.359 e. The van der Waals surface area contributed by atoms with E-state index in [4.69, 9.17) is 0 Å². The van der Waals surface area contributed by atoms with E-state index in [-0.39, 0.29) is 0 Å². The van der Waals surface area contributed by atoms with Crippen LogP contribution in [0.1, 0.15) is 6.42 Å². The molecule has 0 radical (unpaired) electrons. The molecule has 0 saturated carbocycles. The maximum absolute atomic E-state index is 4.61. The maximum atomic E-state index is 4.61. The third-order valence-corrected chi connectivity index (χ3v) is 3.27. The van der Waals surface area contributed by atoms with E-state index in [1.54, 1.807) is 0 Å². The van der Waals surface area contributed by atoms with Crippen LogP contribution in [0.4, 0.5) is 11.8 Å². The minimum atomic E-state index is 0.665. The number of anilines is 2. The molecule has 0 amide bonds. The van der Waals surface area contributed by atoms with Gasteiger partial charge in [0.25, 0.3) is 0 Å². The predicted molar refractivity (Wildman–Crippen MR) is 85.5 cm³/mol. The molecule has 0 saturated heterocycles. The van der Waals surface area contributed by atoms with E-state index in [0.717, 1.165) is 36.2 Å². The van der Waals surface area contributed by atoms with Gasteiger partial charge in [-0.2, -0.15) is 4.98 Å². The summed E-state index contributed by atoms with van der Waals surface area (Å²) in [6.45, 7) is 2.05. The highest BCUT2D eigenvalue weighted by atomic mass is 15.2. The van der Waals surface area contributed by atoms with E-state index < -0.39 is 0 Å². The van der Waals surface area contributed by atoms with Crippen molar-refractivity contribution in [3.8, 4) is 0 Å². The van der Waals surface area contributed by atoms with Crippen molar-refractivity contribution >= 4 is 22.7 Å². The summed E-state index contributed by atoms with van der Waals surface area (Å²) in [5.74, 6) is 1.65. The van der Waals surface area contributed by atoms with Crippen molar-refractivity contribution in [2.24, 2.45) is 0 Å². The number of aromatic nitrogens is 2. The standard InChI is InChI=1S/C15H23N5/c1-16-15-17-13-9-6-5-8-12(13)14(18-15)20(4)11-7-10-19(2)3/h5-6,8-9H,7,10-11H2,1-4H3,(H,16,17,18). The zero-order valence-electron chi connectivity index (χ0n) is 12.7. The maximum Gasteiger partial charge on any atom is 0.224 e. The zero-order chi connectivity index (χ0) is 14.5. The van der Waals surface area contributed by atoms with Gasteiger partial charge in [0.05, 0.1) is 5.52 Å². The van der Waals surface area contributed by atoms with Gasteiger partial charge in [0.1, 0.15) is 5.82 Å². The van der Waals surface area contributed by atoms with E-state index in [0.29, 0.717) is 5.95 Å². The van der Waals surface area contributed by atoms with Crippen LogP contribution in [0.2, 0.25) is 0 Å². The molecule has 2 aromatic rings. The molecule has 108 valence electrons. The van der Waals surface area contributed by atoms with E-state index in [1.165, 1.54) is 0 Å². The molecule has 0 aliphatic carbocycles. The van der Waals surface area contributed by atoms with E-state index in [2.05, 4.69) is 52.3 Å². The lowest BCUT2D eigenvalue weighted by Crippen LogP contribution is -2.24. The number of nitrogens with zero attached hydrogens (tertiary/aromatic N) is 4. The molecular formula is C15H23N5. The molecule has 0 atom stereocenters. The van der Waals surface area contributed by atoms with Crippen LogP contribution in [-0.4, -0.2) is 56.1 Å². The lowest BCUT2D eigenvalue weighted by molar-refractivity contribution is 0.401. The molecule has 0 aliphatic heterocycles. The lowest BCUT2D eigenvalue weighted by Gasteiger charge is -2.21. The summed E-state index contributed by atoms with van der Waals surface area (Å²) >= 11 is 0. The van der Waals surface area contributed by atoms with Gasteiger partial charge in [-0.15, -0.1) is 0 Å². The summed E-state index contributed by atoms with van der Waals surface area (Å²) < 4.78 is 0. The molecule has 0 bridgehead atoms. The predicted octanol–water partition coefficient (Wildman–Crippen LogP) is 2.06. The van der Waals surface area contributed by atoms with Crippen LogP contribution in [0.3, 0.4) is 0 Å². The highest BCUT2D eigenvalue weighted by Crippen LogP contribution is 2.24. The number of nitrogens with one attached hydrogen (secondary N) is 1. The Balaban J connectivity index is 2.27. The zero-order valence-corrected chi connectivity index (χ0v) is 12.7. The van der Waals surface area contributed by atoms with Gasteiger partial charge in [-0.1, -0.05) is 12.1 Å². The molecule has 0 unspecified atom stereocenters. The molecule has 1 aromatic carbocycles. The Kier molecular flexibility index (Phi) is 4.74. The van der Waals surface area contributed by atoms with Crippen LogP contribution < -0.4 is 10.2 Å². The second-order valence-electron chi connectivity index (χ2n) is 5.22. The Bertz CT molecular complexity index is 567. The number of hydrogen-bond acceptors (Lipinski definition) is 5. The van der Waals surface area contributed by atoms with Crippen molar-refractivity contribution in [2.45, 2.75) is 6.42 Å². The fourth-order valence-corrected chi connectivity index (χ4v) is 2.19. The molecule has 0 fully saturated rings. The SMILES string of the molecule is CNc1nc(N(C)CCCN(C)C)c2ccccc2n1. The summed E-state index contributed by atoms with van der Waals surface area (Å²) in [6.07, 6.45) is 1.11. The van der Waals surface area contributed by atoms with Crippen LogP contribution in [0.25, 0.3) is 10.9 Å². The van der Waals surface area contributed by atoms with Gasteiger partial charge in [0, 0.05) is 26.0 Å². The van der Waals surface area contributed by atoms with Crippen molar-refractivity contribution in [1.82, 2.24) is 14.9 Å². The van der Waals surface area contributed by atoms with Gasteiger partial charge < -0.3 is 15.1 Å². The molecule has 1 aromatic heterocycles. The Morgan fingerprint density at radius 3 is 2.50 bits per heavy atom. The number of fused-ring (bicyclic) bond motifs is 1. The quantitative estimate of drug-likeness (QED) is 0.873. The first-order valence-electron chi connectivity index (χ1n) is 6.92. The van der Waals surface area contributed by atoms with Crippen LogP contribution in [0, 0.1) is 0 Å². The van der Waals surface area contributed by atoms with Crippen LogP contribution in [0.15, 0.2) is 24.3 Å². The Labute approximate surface area is 120 Å². The second kappa shape index (κ2) is 6.52. The summed E-state index contributed by atoms with van der Waals surface area (Å²) in [7, 11) is 8.13. The Morgan fingerprint density at radius 2 is 1.80 bits per heavy atom. The molecule has 0 spiro atoms. The fourth-order valence-electron chi connectivity index (χ4n) is 2.19. The number of benzene rings is 1. The molecular weight excluding hydrogens is 250 g/mol. The van der Waals surface area contributed by atoms with E-state index in [9.17, 15) is 0 Å². The minimum absolute atomic E-state index is 0.665. The topological polar surface area (TPSA) is 44.3 Å². The van der Waals surface area contributed by atoms with E-state index >= 15 is 0 Å². The Morgan fingerprint density at radius 1 is 1.05 bits per heavy atom. The summed E-state index contributed by atoms with van der Waals surface area (Å²) in [4.78, 5) is 13.5. The molecule has 0 aliphatic rings. The number of hydrogen-bond donors (Lipinski definition) is 1. The lowest BCUT2D eigenvalue weighted by atomic mass is 10.2. The van der Waals surface area contributed by atoms with Crippen LogP contribution >= 0.6 is 0 Å². The van der Waals surface area contributed by atoms with Gasteiger partial charge in [-0.3, -0.25) is 0 Å². The van der Waals surface area contributed by atoms with Crippen LogP contribution in [-0.2, 0) is 0 Å². The molecule has 20 heavy (non-hydrogen) atoms. The van der Waals surface area contributed by atoms with Crippen LogP contribution in [0.5, 0.6) is 0 Å². The summed E-state index contributed by atoms with van der Waals surface area (Å²) in [5, 5.41) is 4.13. The monoisotopic (exact) mass is 273 g/mol.